The zero-order valence-corrected chi connectivity index (χ0v) is 30.2. The Kier molecular flexibility index (Phi) is 13.2. The first-order valence-corrected chi connectivity index (χ1v) is 17.5. The quantitative estimate of drug-likeness (QED) is 0.0799. The summed E-state index contributed by atoms with van der Waals surface area (Å²) in [6, 6.07) is 26.4. The second-order valence-electron chi connectivity index (χ2n) is 13.2. The van der Waals surface area contributed by atoms with Crippen LogP contribution < -0.4 is 28.4 Å². The average molecular weight is 693 g/mol. The number of ketones is 2. The molecule has 2 fully saturated rings. The molecule has 0 aromatic heterocycles. The fourth-order valence-electron chi connectivity index (χ4n) is 5.18. The second kappa shape index (κ2) is 18.1. The van der Waals surface area contributed by atoms with E-state index in [1.54, 1.807) is 27.2 Å². The summed E-state index contributed by atoms with van der Waals surface area (Å²) in [6.45, 7) is 7.42. The molecule has 6 rings (SSSR count). The highest BCUT2D eigenvalue weighted by Crippen LogP contribution is 2.35. The molecule has 0 radical (unpaired) electrons. The number of ether oxygens (including phenoxy) is 6. The van der Waals surface area contributed by atoms with Crippen LogP contribution in [0, 0.1) is 11.8 Å². The summed E-state index contributed by atoms with van der Waals surface area (Å²) < 4.78 is 34.0. The summed E-state index contributed by atoms with van der Waals surface area (Å²) >= 11 is 0. The molecule has 8 heteroatoms. The predicted octanol–water partition coefficient (Wildman–Crippen LogP) is 9.48. The lowest BCUT2D eigenvalue weighted by molar-refractivity contribution is 0.100. The van der Waals surface area contributed by atoms with Crippen molar-refractivity contribution >= 4 is 11.6 Å². The SMILES string of the molecule is COc1ccc(COc2cccc(OCC3CC3)c2C(=O)C=C(C)C)cc1.COc1ccc(COc2cccc(OCC3CC3)c2C(C)=O)cc1. The van der Waals surface area contributed by atoms with E-state index >= 15 is 0 Å². The molecule has 4 aromatic rings. The van der Waals surface area contributed by atoms with Crippen molar-refractivity contribution < 1.29 is 38.0 Å². The molecule has 0 spiro atoms. The molecule has 2 saturated carbocycles. The largest absolute Gasteiger partial charge is 0.497 e. The Hall–Kier alpha value is -5.24. The van der Waals surface area contributed by atoms with Crippen LogP contribution in [0.1, 0.15) is 78.3 Å². The van der Waals surface area contributed by atoms with Crippen molar-refractivity contribution in [1.82, 2.24) is 0 Å². The normalized spacial score (nSPS) is 13.2. The lowest BCUT2D eigenvalue weighted by Gasteiger charge is -2.15. The molecule has 0 amide bonds. The molecule has 0 unspecified atom stereocenters. The van der Waals surface area contributed by atoms with Crippen LogP contribution in [0.3, 0.4) is 0 Å². The van der Waals surface area contributed by atoms with E-state index in [1.165, 1.54) is 25.7 Å². The number of carbonyl (C=O) groups excluding carboxylic acids is 2. The van der Waals surface area contributed by atoms with Crippen LogP contribution in [0.15, 0.2) is 96.6 Å². The molecular formula is C43H48O8. The fourth-order valence-corrected chi connectivity index (χ4v) is 5.18. The number of Topliss-reactive ketones (excluding diaryl/α,β-unsaturated/α-hetero) is 1. The smallest absolute Gasteiger partial charge is 0.193 e. The van der Waals surface area contributed by atoms with Crippen molar-refractivity contribution in [3.63, 3.8) is 0 Å². The molecule has 51 heavy (non-hydrogen) atoms. The third-order valence-corrected chi connectivity index (χ3v) is 8.44. The van der Waals surface area contributed by atoms with Crippen molar-refractivity contribution in [3.8, 4) is 34.5 Å². The van der Waals surface area contributed by atoms with Gasteiger partial charge in [0.2, 0.25) is 0 Å². The van der Waals surface area contributed by atoms with Gasteiger partial charge in [0, 0.05) is 0 Å². The molecule has 268 valence electrons. The molecule has 0 aliphatic heterocycles. The fraction of sp³-hybridized carbons (Fsp3) is 0.349. The van der Waals surface area contributed by atoms with Crippen LogP contribution in [-0.2, 0) is 13.2 Å². The topological polar surface area (TPSA) is 89.5 Å². The third kappa shape index (κ3) is 11.4. The molecule has 4 aromatic carbocycles. The standard InChI is InChI=1S/C23H26O4.C20H22O4/c1-16(2)13-20(24)23-21(26-14-17-7-8-17)5-4-6-22(23)27-15-18-9-11-19(25-3)12-10-18;1-14(21)20-18(23-12-15-6-7-15)4-3-5-19(20)24-13-16-8-10-17(22-2)11-9-16/h4-6,9-13,17H,7-8,14-15H2,1-3H3;3-5,8-11,15H,6-7,12-13H2,1-2H3. The van der Waals surface area contributed by atoms with Gasteiger partial charge in [-0.25, -0.2) is 0 Å². The van der Waals surface area contributed by atoms with Gasteiger partial charge in [-0.3, -0.25) is 9.59 Å². The van der Waals surface area contributed by atoms with E-state index in [0.717, 1.165) is 28.2 Å². The summed E-state index contributed by atoms with van der Waals surface area (Å²) in [5, 5.41) is 0. The summed E-state index contributed by atoms with van der Waals surface area (Å²) in [5.74, 6) is 5.02. The van der Waals surface area contributed by atoms with E-state index in [1.807, 2.05) is 98.8 Å². The molecule has 2 aliphatic rings. The monoisotopic (exact) mass is 692 g/mol. The van der Waals surface area contributed by atoms with Gasteiger partial charge in [-0.05, 0) is 124 Å². The maximum Gasteiger partial charge on any atom is 0.193 e. The first kappa shape index (κ1) is 37.0. The molecular weight excluding hydrogens is 644 g/mol. The van der Waals surface area contributed by atoms with Crippen LogP contribution in [0.4, 0.5) is 0 Å². The Labute approximate surface area is 301 Å². The van der Waals surface area contributed by atoms with Crippen molar-refractivity contribution in [3.05, 3.63) is 119 Å². The van der Waals surface area contributed by atoms with Gasteiger partial charge in [-0.1, -0.05) is 42.0 Å². The van der Waals surface area contributed by atoms with Gasteiger partial charge in [0.1, 0.15) is 58.8 Å². The molecule has 0 heterocycles. The number of allylic oxidation sites excluding steroid dienone is 2. The Morgan fingerprint density at radius 3 is 1.33 bits per heavy atom. The maximum absolute atomic E-state index is 12.8. The minimum atomic E-state index is -0.0915. The molecule has 0 bridgehead atoms. The Balaban J connectivity index is 0.000000199. The van der Waals surface area contributed by atoms with E-state index in [0.29, 0.717) is 72.4 Å². The van der Waals surface area contributed by atoms with Crippen molar-refractivity contribution in [2.24, 2.45) is 11.8 Å². The molecule has 2 aliphatic carbocycles. The van der Waals surface area contributed by atoms with E-state index in [9.17, 15) is 9.59 Å². The van der Waals surface area contributed by atoms with E-state index in [-0.39, 0.29) is 11.6 Å². The lowest BCUT2D eigenvalue weighted by Crippen LogP contribution is -2.08. The Bertz CT molecular complexity index is 1780. The van der Waals surface area contributed by atoms with Crippen molar-refractivity contribution in [1.29, 1.82) is 0 Å². The Morgan fingerprint density at radius 1 is 0.569 bits per heavy atom. The van der Waals surface area contributed by atoms with Gasteiger partial charge in [-0.2, -0.15) is 0 Å². The maximum atomic E-state index is 12.8. The van der Waals surface area contributed by atoms with Crippen LogP contribution >= 0.6 is 0 Å². The first-order valence-electron chi connectivity index (χ1n) is 17.5. The van der Waals surface area contributed by atoms with Gasteiger partial charge in [-0.15, -0.1) is 0 Å². The van der Waals surface area contributed by atoms with Crippen LogP contribution in [0.25, 0.3) is 0 Å². The first-order chi connectivity index (χ1) is 24.7. The molecule has 0 atom stereocenters. The molecule has 0 saturated heterocycles. The van der Waals surface area contributed by atoms with Gasteiger partial charge >= 0.3 is 0 Å². The molecule has 8 nitrogen and oxygen atoms in total. The number of benzene rings is 4. The molecule has 0 N–H and O–H groups in total. The van der Waals surface area contributed by atoms with E-state index in [4.69, 9.17) is 28.4 Å². The summed E-state index contributed by atoms with van der Waals surface area (Å²) in [5.41, 5.74) is 3.97. The van der Waals surface area contributed by atoms with Crippen LogP contribution in [-0.4, -0.2) is 39.0 Å². The average Bonchev–Trinajstić information content (AvgIpc) is 4.08. The van der Waals surface area contributed by atoms with Crippen molar-refractivity contribution in [2.75, 3.05) is 27.4 Å². The Morgan fingerprint density at radius 2 is 0.961 bits per heavy atom. The third-order valence-electron chi connectivity index (χ3n) is 8.44. The number of rotatable bonds is 17. The summed E-state index contributed by atoms with van der Waals surface area (Å²) in [7, 11) is 3.28. The zero-order valence-electron chi connectivity index (χ0n) is 30.2. The van der Waals surface area contributed by atoms with Crippen LogP contribution in [0.5, 0.6) is 34.5 Å². The zero-order chi connectivity index (χ0) is 36.2. The lowest BCUT2D eigenvalue weighted by atomic mass is 10.1. The van der Waals surface area contributed by atoms with Gasteiger partial charge in [0.15, 0.2) is 11.6 Å². The van der Waals surface area contributed by atoms with Crippen LogP contribution in [0.2, 0.25) is 0 Å². The predicted molar refractivity (Wildman–Crippen MR) is 198 cm³/mol. The number of methoxy groups -OCH3 is 2. The highest BCUT2D eigenvalue weighted by Gasteiger charge is 2.25. The highest BCUT2D eigenvalue weighted by atomic mass is 16.5. The second-order valence-corrected chi connectivity index (χ2v) is 13.2. The van der Waals surface area contributed by atoms with Crippen molar-refractivity contribution in [2.45, 2.75) is 59.7 Å². The van der Waals surface area contributed by atoms with E-state index in [2.05, 4.69) is 0 Å². The minimum absolute atomic E-state index is 0.0499. The number of carbonyl (C=O) groups is 2. The van der Waals surface area contributed by atoms with Gasteiger partial charge in [0.05, 0.1) is 27.4 Å². The van der Waals surface area contributed by atoms with E-state index < -0.39 is 0 Å². The minimum Gasteiger partial charge on any atom is -0.497 e. The highest BCUT2D eigenvalue weighted by molar-refractivity contribution is 6.09. The number of hydrogen-bond acceptors (Lipinski definition) is 8. The summed E-state index contributed by atoms with van der Waals surface area (Å²) in [6.07, 6.45) is 6.45. The number of hydrogen-bond donors (Lipinski definition) is 0. The summed E-state index contributed by atoms with van der Waals surface area (Å²) in [4.78, 5) is 24.9. The van der Waals surface area contributed by atoms with Gasteiger partial charge in [0.25, 0.3) is 0 Å². The van der Waals surface area contributed by atoms with Gasteiger partial charge < -0.3 is 28.4 Å².